The second-order valence-electron chi connectivity index (χ2n) is 6.56. The summed E-state index contributed by atoms with van der Waals surface area (Å²) in [6, 6.07) is 5.99. The van der Waals surface area contributed by atoms with Gasteiger partial charge in [0, 0.05) is 43.5 Å². The number of halogens is 1. The number of anilines is 1. The van der Waals surface area contributed by atoms with Crippen molar-refractivity contribution >= 4 is 5.69 Å². The normalized spacial score (nSPS) is 22.6. The fourth-order valence-electron chi connectivity index (χ4n) is 3.92. The Labute approximate surface area is 132 Å². The van der Waals surface area contributed by atoms with E-state index in [1.165, 1.54) is 25.7 Å². The Kier molecular flexibility index (Phi) is 5.32. The fraction of sp³-hybridized carbons (Fsp3) is 0.667. The molecule has 0 spiro atoms. The molecule has 122 valence electrons. The Morgan fingerprint density at radius 2 is 1.95 bits per heavy atom. The van der Waals surface area contributed by atoms with Crippen molar-refractivity contribution in [3.8, 4) is 0 Å². The number of aliphatic hydroxyl groups is 1. The third-order valence-corrected chi connectivity index (χ3v) is 5.10. The van der Waals surface area contributed by atoms with E-state index >= 15 is 0 Å². The molecule has 0 aliphatic carbocycles. The standard InChI is InChI=1S/C18H27FN2O/c19-17-8-3-9-18(20-10-1-2-11-20)16(17)14-21-12-4-6-15(21)7-5-13-22/h3,8-9,15,22H,1-2,4-7,10-14H2. The molecule has 22 heavy (non-hydrogen) atoms. The van der Waals surface area contributed by atoms with Crippen molar-refractivity contribution in [3.05, 3.63) is 29.6 Å². The Morgan fingerprint density at radius 3 is 2.73 bits per heavy atom. The van der Waals surface area contributed by atoms with Gasteiger partial charge in [-0.2, -0.15) is 0 Å². The summed E-state index contributed by atoms with van der Waals surface area (Å²) in [5.74, 6) is -0.0720. The number of aliphatic hydroxyl groups excluding tert-OH is 1. The van der Waals surface area contributed by atoms with E-state index in [9.17, 15) is 4.39 Å². The minimum absolute atomic E-state index is 0.0720. The van der Waals surface area contributed by atoms with Crippen LogP contribution in [-0.2, 0) is 6.54 Å². The number of hydrogen-bond donors (Lipinski definition) is 1. The number of likely N-dealkylation sites (tertiary alicyclic amines) is 1. The van der Waals surface area contributed by atoms with Crippen LogP contribution in [0.3, 0.4) is 0 Å². The molecule has 2 aliphatic rings. The van der Waals surface area contributed by atoms with Gasteiger partial charge in [-0.05, 0) is 57.2 Å². The van der Waals surface area contributed by atoms with Crippen molar-refractivity contribution in [2.24, 2.45) is 0 Å². The van der Waals surface area contributed by atoms with E-state index in [0.29, 0.717) is 12.6 Å². The molecule has 0 bridgehead atoms. The summed E-state index contributed by atoms with van der Waals surface area (Å²) >= 11 is 0. The lowest BCUT2D eigenvalue weighted by molar-refractivity contribution is 0.208. The van der Waals surface area contributed by atoms with Gasteiger partial charge in [-0.1, -0.05) is 6.07 Å². The lowest BCUT2D eigenvalue weighted by atomic mass is 10.1. The van der Waals surface area contributed by atoms with Crippen LogP contribution in [0.1, 0.15) is 44.1 Å². The first-order valence-corrected chi connectivity index (χ1v) is 8.67. The minimum atomic E-state index is -0.0720. The molecule has 3 nitrogen and oxygen atoms in total. The Morgan fingerprint density at radius 1 is 1.14 bits per heavy atom. The molecule has 1 aromatic rings. The summed E-state index contributed by atoms with van der Waals surface area (Å²) in [6.45, 7) is 4.09. The Balaban J connectivity index is 1.76. The molecular formula is C18H27FN2O. The zero-order valence-electron chi connectivity index (χ0n) is 13.3. The van der Waals surface area contributed by atoms with Crippen LogP contribution < -0.4 is 4.90 Å². The maximum Gasteiger partial charge on any atom is 0.129 e. The first kappa shape index (κ1) is 15.8. The number of rotatable bonds is 6. The van der Waals surface area contributed by atoms with Crippen molar-refractivity contribution in [1.82, 2.24) is 4.90 Å². The second-order valence-corrected chi connectivity index (χ2v) is 6.56. The van der Waals surface area contributed by atoms with Crippen LogP contribution in [0, 0.1) is 5.82 Å². The number of benzene rings is 1. The van der Waals surface area contributed by atoms with Gasteiger partial charge >= 0.3 is 0 Å². The highest BCUT2D eigenvalue weighted by molar-refractivity contribution is 5.54. The summed E-state index contributed by atoms with van der Waals surface area (Å²) in [6.07, 6.45) is 6.64. The van der Waals surface area contributed by atoms with E-state index in [4.69, 9.17) is 5.11 Å². The highest BCUT2D eigenvalue weighted by Crippen LogP contribution is 2.31. The average Bonchev–Trinajstić information content (AvgIpc) is 3.19. The third-order valence-electron chi connectivity index (χ3n) is 5.10. The molecule has 2 aliphatic heterocycles. The maximum atomic E-state index is 14.4. The van der Waals surface area contributed by atoms with Crippen LogP contribution in [-0.4, -0.2) is 42.3 Å². The zero-order chi connectivity index (χ0) is 15.4. The Hall–Kier alpha value is -1.13. The van der Waals surface area contributed by atoms with E-state index in [0.717, 1.165) is 43.7 Å². The van der Waals surface area contributed by atoms with Gasteiger partial charge in [-0.3, -0.25) is 4.90 Å². The van der Waals surface area contributed by atoms with E-state index in [2.05, 4.69) is 15.9 Å². The van der Waals surface area contributed by atoms with E-state index < -0.39 is 0 Å². The van der Waals surface area contributed by atoms with Crippen LogP contribution in [0.4, 0.5) is 10.1 Å². The molecule has 1 atom stereocenters. The van der Waals surface area contributed by atoms with Gasteiger partial charge in [-0.25, -0.2) is 4.39 Å². The number of hydrogen-bond acceptors (Lipinski definition) is 3. The van der Waals surface area contributed by atoms with Gasteiger partial charge in [0.05, 0.1) is 0 Å². The summed E-state index contributed by atoms with van der Waals surface area (Å²) < 4.78 is 14.4. The predicted octanol–water partition coefficient (Wildman–Crippen LogP) is 3.16. The molecule has 0 saturated carbocycles. The molecule has 0 radical (unpaired) electrons. The highest BCUT2D eigenvalue weighted by atomic mass is 19.1. The molecule has 2 saturated heterocycles. The van der Waals surface area contributed by atoms with Gasteiger partial charge in [0.25, 0.3) is 0 Å². The fourth-order valence-corrected chi connectivity index (χ4v) is 3.92. The summed E-state index contributed by atoms with van der Waals surface area (Å²) in [4.78, 5) is 4.74. The van der Waals surface area contributed by atoms with Crippen LogP contribution in [0.5, 0.6) is 0 Å². The van der Waals surface area contributed by atoms with Gasteiger partial charge in [0.15, 0.2) is 0 Å². The van der Waals surface area contributed by atoms with Crippen molar-refractivity contribution in [1.29, 1.82) is 0 Å². The van der Waals surface area contributed by atoms with Crippen molar-refractivity contribution < 1.29 is 9.50 Å². The minimum Gasteiger partial charge on any atom is -0.396 e. The highest BCUT2D eigenvalue weighted by Gasteiger charge is 2.27. The first-order chi connectivity index (χ1) is 10.8. The lowest BCUT2D eigenvalue weighted by Crippen LogP contribution is -2.31. The molecule has 3 rings (SSSR count). The van der Waals surface area contributed by atoms with Crippen molar-refractivity contribution in [2.75, 3.05) is 31.1 Å². The van der Waals surface area contributed by atoms with Crippen LogP contribution in [0.25, 0.3) is 0 Å². The van der Waals surface area contributed by atoms with E-state index in [1.807, 2.05) is 6.07 Å². The SMILES string of the molecule is OCCCC1CCCN1Cc1c(F)cccc1N1CCCC1. The van der Waals surface area contributed by atoms with Gasteiger partial charge in [0.2, 0.25) is 0 Å². The molecule has 0 amide bonds. The lowest BCUT2D eigenvalue weighted by Gasteiger charge is -2.28. The van der Waals surface area contributed by atoms with E-state index in [-0.39, 0.29) is 12.4 Å². The summed E-state index contributed by atoms with van der Waals surface area (Å²) in [5.41, 5.74) is 1.95. The summed E-state index contributed by atoms with van der Waals surface area (Å²) in [7, 11) is 0. The smallest absolute Gasteiger partial charge is 0.129 e. The van der Waals surface area contributed by atoms with Gasteiger partial charge in [-0.15, -0.1) is 0 Å². The van der Waals surface area contributed by atoms with Crippen molar-refractivity contribution in [2.45, 2.75) is 51.1 Å². The first-order valence-electron chi connectivity index (χ1n) is 8.67. The zero-order valence-corrected chi connectivity index (χ0v) is 13.3. The number of nitrogens with zero attached hydrogens (tertiary/aromatic N) is 2. The van der Waals surface area contributed by atoms with Gasteiger partial charge < -0.3 is 10.0 Å². The molecule has 0 aromatic heterocycles. The molecule has 1 aromatic carbocycles. The Bertz CT molecular complexity index is 488. The second kappa shape index (κ2) is 7.42. The van der Waals surface area contributed by atoms with Crippen molar-refractivity contribution in [3.63, 3.8) is 0 Å². The average molecular weight is 306 g/mol. The molecule has 4 heteroatoms. The third kappa shape index (κ3) is 3.44. The molecule has 2 fully saturated rings. The molecular weight excluding hydrogens is 279 g/mol. The summed E-state index contributed by atoms with van der Waals surface area (Å²) in [5, 5.41) is 9.05. The van der Waals surface area contributed by atoms with Crippen LogP contribution in [0.15, 0.2) is 18.2 Å². The van der Waals surface area contributed by atoms with Crippen LogP contribution in [0.2, 0.25) is 0 Å². The van der Waals surface area contributed by atoms with Gasteiger partial charge in [0.1, 0.15) is 5.82 Å². The molecule has 1 N–H and O–H groups in total. The maximum absolute atomic E-state index is 14.4. The largest absolute Gasteiger partial charge is 0.396 e. The molecule has 1 unspecified atom stereocenters. The van der Waals surface area contributed by atoms with E-state index in [1.54, 1.807) is 6.07 Å². The quantitative estimate of drug-likeness (QED) is 0.874. The molecule has 2 heterocycles. The topological polar surface area (TPSA) is 26.7 Å². The monoisotopic (exact) mass is 306 g/mol. The predicted molar refractivity (Wildman–Crippen MR) is 87.6 cm³/mol. The van der Waals surface area contributed by atoms with Crippen LogP contribution >= 0.6 is 0 Å².